The fraction of sp³-hybridized carbons (Fsp3) is 0.400. The number of carbonyl (C=O) groups excluding carboxylic acids is 2. The zero-order valence-electron chi connectivity index (χ0n) is 21.5. The maximum atomic E-state index is 13.3. The Hall–Kier alpha value is -3.78. The van der Waals surface area contributed by atoms with Crippen molar-refractivity contribution in [3.8, 4) is 11.1 Å². The van der Waals surface area contributed by atoms with Crippen LogP contribution in [-0.4, -0.2) is 75.1 Å². The van der Waals surface area contributed by atoms with Crippen molar-refractivity contribution in [3.05, 3.63) is 30.1 Å². The van der Waals surface area contributed by atoms with Crippen LogP contribution in [0, 0.1) is 5.41 Å². The number of hydrogen-bond donors (Lipinski definition) is 4. The summed E-state index contributed by atoms with van der Waals surface area (Å²) >= 11 is 2.71. The van der Waals surface area contributed by atoms with Crippen molar-refractivity contribution < 1.29 is 19.5 Å². The van der Waals surface area contributed by atoms with Crippen molar-refractivity contribution >= 4 is 67.5 Å². The monoisotopic (exact) mass is 568 g/mol. The van der Waals surface area contributed by atoms with Crippen molar-refractivity contribution in [2.45, 2.75) is 26.7 Å². The first-order valence-electron chi connectivity index (χ1n) is 12.5. The number of aromatic nitrogens is 3. The number of piperidine rings is 1. The number of amides is 3. The summed E-state index contributed by atoms with van der Waals surface area (Å²) in [5.74, 6) is 0.264. The van der Waals surface area contributed by atoms with Gasteiger partial charge < -0.3 is 20.6 Å². The van der Waals surface area contributed by atoms with Gasteiger partial charge in [0.15, 0.2) is 10.3 Å². The molecule has 1 aromatic carbocycles. The van der Waals surface area contributed by atoms with Crippen LogP contribution in [0.3, 0.4) is 0 Å². The second kappa shape index (κ2) is 11.1. The number of nitrogens with one attached hydrogen (secondary N) is 3. The Bertz CT molecular complexity index is 1450. The molecule has 0 radical (unpaired) electrons. The molecule has 4 N–H and O–H groups in total. The summed E-state index contributed by atoms with van der Waals surface area (Å²) in [6, 6.07) is 3.24. The lowest BCUT2D eigenvalue weighted by molar-refractivity contribution is -0.149. The molecule has 0 unspecified atom stereocenters. The lowest BCUT2D eigenvalue weighted by atomic mass is 9.80. The fourth-order valence-electron chi connectivity index (χ4n) is 4.35. The van der Waals surface area contributed by atoms with Gasteiger partial charge in [0, 0.05) is 43.3 Å². The SMILES string of the molecule is CCNC(=O)Nc1nc2cc(-c3cnc(N4CCC(C)(C(=O)O)CC4)nc3)cc(C(=O)NC3=NCCS3)c2s1. The Morgan fingerprint density at radius 3 is 2.49 bits per heavy atom. The molecule has 1 saturated heterocycles. The third-order valence-corrected chi connectivity index (χ3v) is 8.65. The number of carboxylic acid groups (broad SMARTS) is 1. The van der Waals surface area contributed by atoms with Gasteiger partial charge >= 0.3 is 12.0 Å². The lowest BCUT2D eigenvalue weighted by Gasteiger charge is -2.36. The van der Waals surface area contributed by atoms with Gasteiger partial charge in [0.25, 0.3) is 5.91 Å². The number of thioether (sulfide) groups is 1. The van der Waals surface area contributed by atoms with Crippen molar-refractivity contribution in [1.82, 2.24) is 25.6 Å². The largest absolute Gasteiger partial charge is 0.481 e. The smallest absolute Gasteiger partial charge is 0.321 e. The molecule has 4 heterocycles. The summed E-state index contributed by atoms with van der Waals surface area (Å²) in [4.78, 5) is 56.8. The van der Waals surface area contributed by atoms with Crippen molar-refractivity contribution in [1.29, 1.82) is 0 Å². The highest BCUT2D eigenvalue weighted by Gasteiger charge is 2.37. The third kappa shape index (κ3) is 5.81. The maximum absolute atomic E-state index is 13.3. The number of urea groups is 1. The van der Waals surface area contributed by atoms with Gasteiger partial charge in [-0.25, -0.2) is 19.7 Å². The highest BCUT2D eigenvalue weighted by atomic mass is 32.2. The van der Waals surface area contributed by atoms with Crippen molar-refractivity contribution in [2.24, 2.45) is 10.4 Å². The standard InChI is InChI=1S/C25H28N8O4S2/c1-3-26-22(37)32-24-30-17-11-14(10-16(18(17)39-24)19(34)31-23-27-6-9-38-23)15-12-28-21(29-13-15)33-7-4-25(2,5-8-33)20(35)36/h10-13H,3-9H2,1-2H3,(H,35,36)(H,27,31,34)(H2,26,30,32,37). The van der Waals surface area contributed by atoms with Gasteiger partial charge in [0.05, 0.1) is 27.7 Å². The summed E-state index contributed by atoms with van der Waals surface area (Å²) in [7, 11) is 0. The number of carbonyl (C=O) groups is 3. The average molecular weight is 569 g/mol. The average Bonchev–Trinajstić information content (AvgIpc) is 3.58. The molecule has 0 saturated carbocycles. The molecule has 3 aromatic rings. The van der Waals surface area contributed by atoms with Crippen LogP contribution < -0.4 is 20.9 Å². The minimum atomic E-state index is -0.779. The molecule has 3 amide bonds. The first kappa shape index (κ1) is 26.8. The van der Waals surface area contributed by atoms with Crippen LogP contribution in [0.2, 0.25) is 0 Å². The van der Waals surface area contributed by atoms with Crippen LogP contribution in [0.15, 0.2) is 29.5 Å². The van der Waals surface area contributed by atoms with Crippen LogP contribution in [0.4, 0.5) is 15.9 Å². The molecule has 0 atom stereocenters. The molecule has 5 rings (SSSR count). The van der Waals surface area contributed by atoms with Crippen LogP contribution in [0.25, 0.3) is 21.3 Å². The molecule has 0 spiro atoms. The summed E-state index contributed by atoms with van der Waals surface area (Å²) in [5, 5.41) is 18.7. The number of nitrogens with zero attached hydrogens (tertiary/aromatic N) is 5. The zero-order valence-corrected chi connectivity index (χ0v) is 23.1. The van der Waals surface area contributed by atoms with Gasteiger partial charge in [-0.05, 0) is 44.4 Å². The molecule has 1 fully saturated rings. The highest BCUT2D eigenvalue weighted by Crippen LogP contribution is 2.35. The fourth-order valence-corrected chi connectivity index (χ4v) is 6.02. The van der Waals surface area contributed by atoms with E-state index in [2.05, 4.69) is 35.9 Å². The number of rotatable bonds is 6. The Labute approximate surface area is 232 Å². The molecule has 2 aliphatic heterocycles. The molecule has 0 aliphatic carbocycles. The normalized spacial score (nSPS) is 16.6. The minimum Gasteiger partial charge on any atom is -0.481 e. The second-order valence-electron chi connectivity index (χ2n) is 9.49. The predicted octanol–water partition coefficient (Wildman–Crippen LogP) is 3.42. The summed E-state index contributed by atoms with van der Waals surface area (Å²) in [5.41, 5.74) is 1.63. The van der Waals surface area contributed by atoms with E-state index in [9.17, 15) is 19.5 Å². The van der Waals surface area contributed by atoms with E-state index in [4.69, 9.17) is 0 Å². The number of carboxylic acids is 1. The van der Waals surface area contributed by atoms with Crippen molar-refractivity contribution in [2.75, 3.05) is 42.1 Å². The van der Waals surface area contributed by atoms with Crippen LogP contribution in [-0.2, 0) is 4.79 Å². The molecule has 204 valence electrons. The Balaban J connectivity index is 1.43. The van der Waals surface area contributed by atoms with Gasteiger partial charge in [-0.1, -0.05) is 23.1 Å². The summed E-state index contributed by atoms with van der Waals surface area (Å²) in [6.45, 7) is 5.84. The second-order valence-corrected chi connectivity index (χ2v) is 11.6. The lowest BCUT2D eigenvalue weighted by Crippen LogP contribution is -2.43. The number of fused-ring (bicyclic) bond motifs is 1. The van der Waals surface area contributed by atoms with Crippen LogP contribution in [0.1, 0.15) is 37.0 Å². The molecule has 2 aromatic heterocycles. The van der Waals surface area contributed by atoms with Crippen molar-refractivity contribution in [3.63, 3.8) is 0 Å². The van der Waals surface area contributed by atoms with Crippen LogP contribution in [0.5, 0.6) is 0 Å². The summed E-state index contributed by atoms with van der Waals surface area (Å²) in [6.07, 6.45) is 4.41. The van der Waals surface area contributed by atoms with E-state index in [0.717, 1.165) is 5.75 Å². The minimum absolute atomic E-state index is 0.310. The Kier molecular flexibility index (Phi) is 7.66. The molecule has 2 aliphatic rings. The van der Waals surface area contributed by atoms with E-state index < -0.39 is 11.4 Å². The molecule has 12 nitrogen and oxygen atoms in total. The third-order valence-electron chi connectivity index (χ3n) is 6.74. The van der Waals surface area contributed by atoms with Gasteiger partial charge in [-0.3, -0.25) is 19.9 Å². The number of amidine groups is 1. The first-order chi connectivity index (χ1) is 18.8. The van der Waals surface area contributed by atoms with Gasteiger partial charge in [-0.15, -0.1) is 0 Å². The van der Waals surface area contributed by atoms with E-state index >= 15 is 0 Å². The maximum Gasteiger partial charge on any atom is 0.321 e. The Morgan fingerprint density at radius 1 is 1.10 bits per heavy atom. The highest BCUT2D eigenvalue weighted by molar-refractivity contribution is 8.14. The number of aliphatic imine (C=N–C) groups is 1. The predicted molar refractivity (Wildman–Crippen MR) is 153 cm³/mol. The number of hydrogen-bond acceptors (Lipinski definition) is 10. The molecular weight excluding hydrogens is 540 g/mol. The quantitative estimate of drug-likeness (QED) is 0.349. The number of benzene rings is 1. The number of anilines is 2. The van der Waals surface area contributed by atoms with E-state index in [-0.39, 0.29) is 11.9 Å². The molecule has 39 heavy (non-hydrogen) atoms. The van der Waals surface area contributed by atoms with Crippen LogP contribution >= 0.6 is 23.1 Å². The Morgan fingerprint density at radius 2 is 1.85 bits per heavy atom. The van der Waals surface area contributed by atoms with Gasteiger partial charge in [-0.2, -0.15) is 0 Å². The first-order valence-corrected chi connectivity index (χ1v) is 14.3. The zero-order chi connectivity index (χ0) is 27.6. The molecular formula is C25H28N8O4S2. The van der Waals surface area contributed by atoms with E-state index in [1.54, 1.807) is 25.4 Å². The van der Waals surface area contributed by atoms with E-state index in [1.807, 2.05) is 17.9 Å². The molecule has 14 heteroatoms. The number of thiazole rings is 1. The van der Waals surface area contributed by atoms with Gasteiger partial charge in [0.1, 0.15) is 0 Å². The van der Waals surface area contributed by atoms with E-state index in [0.29, 0.717) is 82.2 Å². The van der Waals surface area contributed by atoms with Gasteiger partial charge in [0.2, 0.25) is 5.95 Å². The van der Waals surface area contributed by atoms with E-state index in [1.165, 1.54) is 23.1 Å². The number of aliphatic carboxylic acids is 1. The molecule has 0 bridgehead atoms. The topological polar surface area (TPSA) is 162 Å². The summed E-state index contributed by atoms with van der Waals surface area (Å²) < 4.78 is 0.638.